The zero-order valence-electron chi connectivity index (χ0n) is 8.47. The highest BCUT2D eigenvalue weighted by Crippen LogP contribution is 2.29. The lowest BCUT2D eigenvalue weighted by molar-refractivity contribution is 0.303. The normalized spacial score (nSPS) is 16.1. The van der Waals surface area contributed by atoms with Gasteiger partial charge in [0.25, 0.3) is 0 Å². The molecule has 0 bridgehead atoms. The Balaban J connectivity index is 1.81. The first-order valence-corrected chi connectivity index (χ1v) is 6.48. The van der Waals surface area contributed by atoms with E-state index in [1.54, 1.807) is 6.20 Å². The molecule has 0 atom stereocenters. The van der Waals surface area contributed by atoms with Gasteiger partial charge < -0.3 is 5.32 Å². The molecule has 15 heavy (non-hydrogen) atoms. The molecule has 1 aromatic rings. The molecule has 0 spiro atoms. The van der Waals surface area contributed by atoms with Crippen molar-refractivity contribution in [1.82, 2.24) is 4.98 Å². The minimum atomic E-state index is 0.679. The Labute approximate surface area is 104 Å². The average molecular weight is 290 g/mol. The van der Waals surface area contributed by atoms with Crippen molar-refractivity contribution in [3.8, 4) is 0 Å². The maximum atomic E-state index is 6.04. The van der Waals surface area contributed by atoms with Crippen molar-refractivity contribution in [2.24, 2.45) is 5.92 Å². The third kappa shape index (κ3) is 3.08. The van der Waals surface area contributed by atoms with Crippen LogP contribution in [-0.4, -0.2) is 11.5 Å². The molecule has 1 saturated carbocycles. The summed E-state index contributed by atoms with van der Waals surface area (Å²) < 4.78 is 0.914. The lowest BCUT2D eigenvalue weighted by Gasteiger charge is -2.25. The molecule has 2 nitrogen and oxygen atoms in total. The summed E-state index contributed by atoms with van der Waals surface area (Å²) in [5, 5.41) is 3.95. The van der Waals surface area contributed by atoms with Crippen LogP contribution in [0.5, 0.6) is 0 Å². The minimum absolute atomic E-state index is 0.679. The smallest absolute Gasteiger partial charge is 0.144 e. The topological polar surface area (TPSA) is 24.9 Å². The Morgan fingerprint density at radius 2 is 2.33 bits per heavy atom. The highest BCUT2D eigenvalue weighted by molar-refractivity contribution is 9.10. The van der Waals surface area contributed by atoms with Gasteiger partial charge in [0, 0.05) is 17.2 Å². The van der Waals surface area contributed by atoms with E-state index in [9.17, 15) is 0 Å². The van der Waals surface area contributed by atoms with Gasteiger partial charge in [0.1, 0.15) is 5.82 Å². The minimum Gasteiger partial charge on any atom is -0.369 e. The first-order valence-electron chi connectivity index (χ1n) is 5.30. The predicted octanol–water partition coefficient (Wildman–Crippen LogP) is 4.10. The number of nitrogens with one attached hydrogen (secondary N) is 1. The Morgan fingerprint density at radius 1 is 1.53 bits per heavy atom. The molecule has 1 aromatic heterocycles. The third-order valence-electron chi connectivity index (χ3n) is 2.88. The summed E-state index contributed by atoms with van der Waals surface area (Å²) >= 11 is 9.37. The van der Waals surface area contributed by atoms with Gasteiger partial charge >= 0.3 is 0 Å². The molecule has 1 aliphatic carbocycles. The molecule has 0 radical (unpaired) electrons. The van der Waals surface area contributed by atoms with Crippen LogP contribution in [0.25, 0.3) is 0 Å². The first kappa shape index (κ1) is 11.2. The molecule has 0 aliphatic heterocycles. The monoisotopic (exact) mass is 288 g/mol. The summed E-state index contributed by atoms with van der Waals surface area (Å²) in [4.78, 5) is 4.23. The zero-order valence-corrected chi connectivity index (χ0v) is 10.8. The summed E-state index contributed by atoms with van der Waals surface area (Å²) in [6, 6.07) is 1.86. The lowest BCUT2D eigenvalue weighted by atomic mass is 9.83. The van der Waals surface area contributed by atoms with Gasteiger partial charge in [-0.2, -0.15) is 0 Å². The third-order valence-corrected chi connectivity index (χ3v) is 3.60. The molecular weight excluding hydrogens is 275 g/mol. The molecule has 1 aliphatic rings. The summed E-state index contributed by atoms with van der Waals surface area (Å²) in [5.41, 5.74) is 0. The van der Waals surface area contributed by atoms with Crippen LogP contribution in [0.2, 0.25) is 5.02 Å². The first-order chi connectivity index (χ1) is 7.25. The van der Waals surface area contributed by atoms with E-state index < -0.39 is 0 Å². The number of nitrogens with zero attached hydrogens (tertiary/aromatic N) is 1. The van der Waals surface area contributed by atoms with Crippen molar-refractivity contribution in [1.29, 1.82) is 0 Å². The van der Waals surface area contributed by atoms with Gasteiger partial charge in [0.05, 0.1) is 5.02 Å². The van der Waals surface area contributed by atoms with Crippen LogP contribution < -0.4 is 5.32 Å². The van der Waals surface area contributed by atoms with E-state index in [1.807, 2.05) is 6.07 Å². The number of anilines is 1. The molecule has 0 aromatic carbocycles. The van der Waals surface area contributed by atoms with Gasteiger partial charge in [0.2, 0.25) is 0 Å². The van der Waals surface area contributed by atoms with Gasteiger partial charge in [-0.3, -0.25) is 0 Å². The Hall–Kier alpha value is -0.280. The molecule has 1 heterocycles. The number of halogens is 2. The van der Waals surface area contributed by atoms with Crippen LogP contribution in [0.1, 0.15) is 25.7 Å². The number of pyridine rings is 1. The number of hydrogen-bond donors (Lipinski definition) is 1. The van der Waals surface area contributed by atoms with E-state index in [1.165, 1.54) is 25.7 Å². The van der Waals surface area contributed by atoms with Crippen LogP contribution in [0.4, 0.5) is 5.82 Å². The molecule has 1 fully saturated rings. The quantitative estimate of drug-likeness (QED) is 0.902. The summed E-state index contributed by atoms with van der Waals surface area (Å²) in [7, 11) is 0. The van der Waals surface area contributed by atoms with E-state index in [4.69, 9.17) is 11.6 Å². The van der Waals surface area contributed by atoms with Gasteiger partial charge in [-0.15, -0.1) is 0 Å². The van der Waals surface area contributed by atoms with Crippen LogP contribution in [0, 0.1) is 5.92 Å². The van der Waals surface area contributed by atoms with E-state index in [0.29, 0.717) is 5.02 Å². The van der Waals surface area contributed by atoms with Crippen LogP contribution in [-0.2, 0) is 0 Å². The lowest BCUT2D eigenvalue weighted by Crippen LogP contribution is -2.16. The average Bonchev–Trinajstić information content (AvgIpc) is 2.12. The van der Waals surface area contributed by atoms with E-state index in [0.717, 1.165) is 22.8 Å². The Bertz CT molecular complexity index is 339. The number of rotatable bonds is 4. The van der Waals surface area contributed by atoms with Crippen LogP contribution in [0.15, 0.2) is 16.7 Å². The SMILES string of the molecule is Clc1cc(Br)cnc1NCCC1CCC1. The second kappa shape index (κ2) is 5.17. The molecular formula is C11H14BrClN2. The van der Waals surface area contributed by atoms with Crippen molar-refractivity contribution in [2.75, 3.05) is 11.9 Å². The second-order valence-corrected chi connectivity index (χ2v) is 5.32. The van der Waals surface area contributed by atoms with Gasteiger partial charge in [-0.25, -0.2) is 4.98 Å². The van der Waals surface area contributed by atoms with Crippen molar-refractivity contribution < 1.29 is 0 Å². The van der Waals surface area contributed by atoms with Crippen LogP contribution >= 0.6 is 27.5 Å². The van der Waals surface area contributed by atoms with Gasteiger partial charge in [-0.1, -0.05) is 30.9 Å². The van der Waals surface area contributed by atoms with Crippen molar-refractivity contribution in [3.05, 3.63) is 21.8 Å². The summed E-state index contributed by atoms with van der Waals surface area (Å²) in [6.45, 7) is 0.971. The fraction of sp³-hybridized carbons (Fsp3) is 0.545. The summed E-state index contributed by atoms with van der Waals surface area (Å²) in [5.74, 6) is 1.71. The summed E-state index contributed by atoms with van der Waals surface area (Å²) in [6.07, 6.45) is 7.18. The van der Waals surface area contributed by atoms with Crippen molar-refractivity contribution >= 4 is 33.3 Å². The number of hydrogen-bond acceptors (Lipinski definition) is 2. The van der Waals surface area contributed by atoms with E-state index in [2.05, 4.69) is 26.2 Å². The zero-order chi connectivity index (χ0) is 10.7. The fourth-order valence-corrected chi connectivity index (χ4v) is 2.42. The van der Waals surface area contributed by atoms with Gasteiger partial charge in [-0.05, 0) is 34.3 Å². The maximum absolute atomic E-state index is 6.04. The Morgan fingerprint density at radius 3 is 2.93 bits per heavy atom. The van der Waals surface area contributed by atoms with E-state index in [-0.39, 0.29) is 0 Å². The number of aromatic nitrogens is 1. The van der Waals surface area contributed by atoms with Crippen molar-refractivity contribution in [2.45, 2.75) is 25.7 Å². The fourth-order valence-electron chi connectivity index (χ4n) is 1.72. The van der Waals surface area contributed by atoms with Gasteiger partial charge in [0.15, 0.2) is 0 Å². The standard InChI is InChI=1S/C11H14BrClN2/c12-9-6-10(13)11(15-7-9)14-5-4-8-2-1-3-8/h6-8H,1-5H2,(H,14,15). The second-order valence-electron chi connectivity index (χ2n) is 4.00. The highest BCUT2D eigenvalue weighted by Gasteiger charge is 2.16. The molecule has 0 amide bonds. The molecule has 2 rings (SSSR count). The molecule has 4 heteroatoms. The largest absolute Gasteiger partial charge is 0.369 e. The molecule has 1 N–H and O–H groups in total. The molecule has 0 saturated heterocycles. The molecule has 0 unspecified atom stereocenters. The van der Waals surface area contributed by atoms with Crippen LogP contribution in [0.3, 0.4) is 0 Å². The predicted molar refractivity (Wildman–Crippen MR) is 67.4 cm³/mol. The maximum Gasteiger partial charge on any atom is 0.144 e. The highest BCUT2D eigenvalue weighted by atomic mass is 79.9. The van der Waals surface area contributed by atoms with Crippen molar-refractivity contribution in [3.63, 3.8) is 0 Å². The molecule has 82 valence electrons. The Kier molecular flexibility index (Phi) is 3.87. The van der Waals surface area contributed by atoms with E-state index >= 15 is 0 Å².